The van der Waals surface area contributed by atoms with Crippen LogP contribution in [0.25, 0.3) is 0 Å². The van der Waals surface area contributed by atoms with Crippen LogP contribution < -0.4 is 10.6 Å². The average Bonchev–Trinajstić information content (AvgIpc) is 3.10. The van der Waals surface area contributed by atoms with E-state index in [-0.39, 0.29) is 13.0 Å². The minimum atomic E-state index is -5.62. The SMILES string of the molecule is CC(=O)N[C@H]1[C@@H](OP(=O)(O)OP(=O)(O)OC[C@H]2O[C@@H](N3CCC(=O)NC3=O)[C@H](O)[C@@H]2O)O[C@H](CO)[C@@H](O)[C@@H]1O. The van der Waals surface area contributed by atoms with Crippen LogP contribution in [0.1, 0.15) is 13.3 Å². The van der Waals surface area contributed by atoms with E-state index < -0.39 is 102 Å². The zero-order valence-corrected chi connectivity index (χ0v) is 21.9. The Morgan fingerprint density at radius 3 is 2.28 bits per heavy atom. The Bertz CT molecular complexity index is 1030. The van der Waals surface area contributed by atoms with Gasteiger partial charge in [0.25, 0.3) is 0 Å². The van der Waals surface area contributed by atoms with Crippen molar-refractivity contribution in [1.82, 2.24) is 15.5 Å². The van der Waals surface area contributed by atoms with Crippen molar-refractivity contribution in [2.24, 2.45) is 0 Å². The molecule has 0 aromatic carbocycles. The number of phosphoric acid groups is 2. The van der Waals surface area contributed by atoms with E-state index in [1.807, 2.05) is 5.32 Å². The summed E-state index contributed by atoms with van der Waals surface area (Å²) in [4.78, 5) is 55.6. The number of nitrogens with zero attached hydrogens (tertiary/aromatic N) is 1. The van der Waals surface area contributed by atoms with Gasteiger partial charge >= 0.3 is 21.7 Å². The smallest absolute Gasteiger partial charge is 0.394 e. The van der Waals surface area contributed by atoms with Gasteiger partial charge in [0.15, 0.2) is 12.5 Å². The van der Waals surface area contributed by atoms with Crippen LogP contribution in [0.5, 0.6) is 0 Å². The lowest BCUT2D eigenvalue weighted by Gasteiger charge is -2.42. The number of hydrogen-bond donors (Lipinski definition) is 9. The summed E-state index contributed by atoms with van der Waals surface area (Å²) in [6.45, 7) is -1.07. The van der Waals surface area contributed by atoms with E-state index in [1.54, 1.807) is 0 Å². The van der Waals surface area contributed by atoms with Crippen molar-refractivity contribution >= 4 is 33.5 Å². The maximum atomic E-state index is 12.4. The third kappa shape index (κ3) is 7.78. The van der Waals surface area contributed by atoms with Crippen LogP contribution in [0.2, 0.25) is 0 Å². The van der Waals surface area contributed by atoms with Gasteiger partial charge in [0, 0.05) is 19.9 Å². The van der Waals surface area contributed by atoms with E-state index in [4.69, 9.17) is 9.47 Å². The fourth-order valence-corrected chi connectivity index (χ4v) is 6.14. The van der Waals surface area contributed by atoms with E-state index in [0.29, 0.717) is 0 Å². The second-order valence-electron chi connectivity index (χ2n) is 8.70. The summed E-state index contributed by atoms with van der Waals surface area (Å²) in [6.07, 6.45) is -13.9. The predicted octanol–water partition coefficient (Wildman–Crippen LogP) is -4.43. The van der Waals surface area contributed by atoms with Crippen LogP contribution in [0.4, 0.5) is 4.79 Å². The van der Waals surface area contributed by atoms with Crippen LogP contribution in [-0.4, -0.2) is 133 Å². The van der Waals surface area contributed by atoms with Crippen molar-refractivity contribution in [3.63, 3.8) is 0 Å². The number of aliphatic hydroxyl groups excluding tert-OH is 5. The fourth-order valence-electron chi connectivity index (χ4n) is 3.98. The molecule has 11 atom stereocenters. The molecule has 0 aromatic rings. The predicted molar refractivity (Wildman–Crippen MR) is 119 cm³/mol. The zero-order chi connectivity index (χ0) is 29.3. The average molecular weight is 609 g/mol. The van der Waals surface area contributed by atoms with Crippen molar-refractivity contribution in [3.8, 4) is 0 Å². The largest absolute Gasteiger partial charge is 0.483 e. The van der Waals surface area contributed by atoms with E-state index in [0.717, 1.165) is 11.8 Å². The van der Waals surface area contributed by atoms with E-state index in [1.165, 1.54) is 0 Å². The molecule has 22 heteroatoms. The summed E-state index contributed by atoms with van der Waals surface area (Å²) >= 11 is 0. The summed E-state index contributed by atoms with van der Waals surface area (Å²) in [6, 6.07) is -2.60. The Morgan fingerprint density at radius 2 is 1.69 bits per heavy atom. The van der Waals surface area contributed by atoms with Crippen molar-refractivity contribution < 1.29 is 81.7 Å². The first-order valence-electron chi connectivity index (χ1n) is 11.3. The highest BCUT2D eigenvalue weighted by Crippen LogP contribution is 2.61. The molecular weight excluding hydrogens is 580 g/mol. The second-order valence-corrected chi connectivity index (χ2v) is 11.7. The summed E-state index contributed by atoms with van der Waals surface area (Å²) in [5.74, 6) is -1.36. The van der Waals surface area contributed by atoms with Crippen LogP contribution in [0, 0.1) is 0 Å². The molecule has 0 saturated carbocycles. The number of rotatable bonds is 10. The number of imide groups is 1. The number of nitrogens with one attached hydrogen (secondary N) is 2. The molecule has 39 heavy (non-hydrogen) atoms. The lowest BCUT2D eigenvalue weighted by atomic mass is 9.97. The Balaban J connectivity index is 1.62. The summed E-state index contributed by atoms with van der Waals surface area (Å²) in [5, 5.41) is 54.0. The highest BCUT2D eigenvalue weighted by atomic mass is 31.3. The number of phosphoric ester groups is 2. The number of carbonyl (C=O) groups excluding carboxylic acids is 3. The molecule has 0 radical (unpaired) electrons. The van der Waals surface area contributed by atoms with Gasteiger partial charge in [0.2, 0.25) is 11.8 Å². The van der Waals surface area contributed by atoms with Gasteiger partial charge in [-0.25, -0.2) is 13.9 Å². The van der Waals surface area contributed by atoms with Crippen LogP contribution in [0.3, 0.4) is 0 Å². The zero-order valence-electron chi connectivity index (χ0n) is 20.1. The van der Waals surface area contributed by atoms with Gasteiger partial charge in [-0.2, -0.15) is 4.31 Å². The van der Waals surface area contributed by atoms with Crippen LogP contribution in [-0.2, 0) is 41.6 Å². The molecule has 3 fully saturated rings. The van der Waals surface area contributed by atoms with Gasteiger partial charge in [-0.15, -0.1) is 0 Å². The molecule has 3 saturated heterocycles. The topological polar surface area (TPSA) is 300 Å². The standard InChI is InChI=1S/C17H29N3O17P2/c1-6(22)18-10-13(26)11(24)7(4-21)35-16(10)36-39(31,32)37-38(29,30)33-5-8-12(25)14(27)15(34-8)20-3-2-9(23)19-17(20)28/h7-8,10-16,21,24-27H,2-5H2,1H3,(H,18,22)(H,29,30)(H,31,32)(H,19,23,28)/t7-,8-,10-,11-,12-,13-,14-,15-,16-/m1/s1. The number of amides is 4. The molecule has 0 aliphatic carbocycles. The molecule has 20 nitrogen and oxygen atoms in total. The van der Waals surface area contributed by atoms with Crippen LogP contribution in [0.15, 0.2) is 0 Å². The molecule has 9 N–H and O–H groups in total. The minimum Gasteiger partial charge on any atom is -0.394 e. The van der Waals surface area contributed by atoms with E-state index in [2.05, 4.69) is 18.7 Å². The lowest BCUT2D eigenvalue weighted by Crippen LogP contribution is -2.64. The van der Waals surface area contributed by atoms with Crippen molar-refractivity contribution in [3.05, 3.63) is 0 Å². The number of urea groups is 1. The van der Waals surface area contributed by atoms with Gasteiger partial charge in [-0.05, 0) is 0 Å². The van der Waals surface area contributed by atoms with Crippen molar-refractivity contribution in [2.75, 3.05) is 19.8 Å². The molecule has 3 heterocycles. The van der Waals surface area contributed by atoms with Gasteiger partial charge in [0.05, 0.1) is 13.2 Å². The number of ether oxygens (including phenoxy) is 2. The molecule has 224 valence electrons. The maximum absolute atomic E-state index is 12.4. The first-order chi connectivity index (χ1) is 18.0. The Labute approximate surface area is 219 Å². The third-order valence-corrected chi connectivity index (χ3v) is 8.43. The van der Waals surface area contributed by atoms with Gasteiger partial charge in [-0.3, -0.25) is 28.9 Å². The van der Waals surface area contributed by atoms with Gasteiger partial charge < -0.3 is 50.1 Å². The normalized spacial score (nSPS) is 38.6. The van der Waals surface area contributed by atoms with E-state index in [9.17, 15) is 58.8 Å². The lowest BCUT2D eigenvalue weighted by molar-refractivity contribution is -0.247. The summed E-state index contributed by atoms with van der Waals surface area (Å²) < 4.78 is 48.6. The second kappa shape index (κ2) is 12.5. The Hall–Kier alpha value is -1.61. The molecular formula is C17H29N3O17P2. The van der Waals surface area contributed by atoms with Crippen molar-refractivity contribution in [1.29, 1.82) is 0 Å². The Kier molecular flexibility index (Phi) is 10.2. The number of hydrogen-bond acceptors (Lipinski definition) is 15. The number of aliphatic hydroxyl groups is 5. The quantitative estimate of drug-likeness (QED) is 0.106. The van der Waals surface area contributed by atoms with Crippen LogP contribution >= 0.6 is 15.6 Å². The number of carbonyl (C=O) groups is 3. The summed E-state index contributed by atoms with van der Waals surface area (Å²) in [7, 11) is -11.1. The monoisotopic (exact) mass is 609 g/mol. The van der Waals surface area contributed by atoms with Gasteiger partial charge in [-0.1, -0.05) is 0 Å². The molecule has 2 unspecified atom stereocenters. The molecule has 3 rings (SSSR count). The first kappa shape index (κ1) is 31.9. The molecule has 0 bridgehead atoms. The fraction of sp³-hybridized carbons (Fsp3) is 0.824. The maximum Gasteiger partial charge on any atom is 0.483 e. The molecule has 0 spiro atoms. The van der Waals surface area contributed by atoms with E-state index >= 15 is 0 Å². The van der Waals surface area contributed by atoms with Gasteiger partial charge in [0.1, 0.15) is 42.7 Å². The summed E-state index contributed by atoms with van der Waals surface area (Å²) in [5.41, 5.74) is 0. The first-order valence-corrected chi connectivity index (χ1v) is 14.3. The van der Waals surface area contributed by atoms with Crippen molar-refractivity contribution in [2.45, 2.75) is 68.5 Å². The third-order valence-electron chi connectivity index (χ3n) is 5.83. The molecule has 3 aliphatic heterocycles. The highest BCUT2D eigenvalue weighted by Gasteiger charge is 2.51. The molecule has 3 aliphatic rings. The highest BCUT2D eigenvalue weighted by molar-refractivity contribution is 7.61. The molecule has 0 aromatic heterocycles. The molecule has 4 amide bonds. The Morgan fingerprint density at radius 1 is 1.05 bits per heavy atom. The minimum absolute atomic E-state index is 0.121.